The third-order valence-corrected chi connectivity index (χ3v) is 3.65. The van der Waals surface area contributed by atoms with Crippen molar-refractivity contribution in [1.82, 2.24) is 25.0 Å². The zero-order valence-electron chi connectivity index (χ0n) is 13.7. The summed E-state index contributed by atoms with van der Waals surface area (Å²) in [6.45, 7) is 2.01. The second-order valence-electron chi connectivity index (χ2n) is 5.67. The summed E-state index contributed by atoms with van der Waals surface area (Å²) in [6, 6.07) is 5.43. The highest BCUT2D eigenvalue weighted by Crippen LogP contribution is 2.18. The average Bonchev–Trinajstić information content (AvgIpc) is 3.18. The summed E-state index contributed by atoms with van der Waals surface area (Å²) in [4.78, 5) is 30.6. The molecule has 0 bridgehead atoms. The molecular formula is C16H18N6O3. The molecule has 0 saturated heterocycles. The van der Waals surface area contributed by atoms with Crippen LogP contribution in [0.15, 0.2) is 24.4 Å². The minimum absolute atomic E-state index is 0.122. The van der Waals surface area contributed by atoms with Gasteiger partial charge >= 0.3 is 5.97 Å². The smallest absolute Gasteiger partial charge is 0.358 e. The van der Waals surface area contributed by atoms with E-state index in [0.717, 1.165) is 36.1 Å². The fourth-order valence-corrected chi connectivity index (χ4v) is 2.42. The largest absolute Gasteiger partial charge is 0.476 e. The van der Waals surface area contributed by atoms with Gasteiger partial charge in [-0.15, -0.1) is 5.10 Å². The Morgan fingerprint density at radius 2 is 2.20 bits per heavy atom. The molecule has 0 atom stereocenters. The van der Waals surface area contributed by atoms with Crippen molar-refractivity contribution in [2.45, 2.75) is 32.7 Å². The molecule has 3 rings (SSSR count). The number of hydrogen-bond donors (Lipinski definition) is 3. The maximum Gasteiger partial charge on any atom is 0.358 e. The van der Waals surface area contributed by atoms with Gasteiger partial charge in [0.2, 0.25) is 5.91 Å². The normalized spacial score (nSPS) is 10.9. The first kappa shape index (κ1) is 16.6. The van der Waals surface area contributed by atoms with Gasteiger partial charge in [0, 0.05) is 12.1 Å². The number of benzene rings is 1. The Morgan fingerprint density at radius 3 is 2.92 bits per heavy atom. The number of aromatic carboxylic acids is 1. The number of rotatable bonds is 7. The lowest BCUT2D eigenvalue weighted by atomic mass is 10.2. The molecule has 0 radical (unpaired) electrons. The Kier molecular flexibility index (Phi) is 4.73. The number of carboxylic acid groups (broad SMARTS) is 1. The van der Waals surface area contributed by atoms with E-state index in [2.05, 4.69) is 32.5 Å². The van der Waals surface area contributed by atoms with E-state index in [0.29, 0.717) is 5.69 Å². The number of carbonyl (C=O) groups is 2. The monoisotopic (exact) mass is 342 g/mol. The maximum atomic E-state index is 12.1. The van der Waals surface area contributed by atoms with E-state index >= 15 is 0 Å². The van der Waals surface area contributed by atoms with E-state index in [1.54, 1.807) is 6.07 Å². The molecule has 0 unspecified atom stereocenters. The van der Waals surface area contributed by atoms with Crippen LogP contribution in [0, 0.1) is 0 Å². The molecule has 2 aromatic heterocycles. The molecule has 0 fully saturated rings. The predicted octanol–water partition coefficient (Wildman–Crippen LogP) is 1.83. The van der Waals surface area contributed by atoms with Gasteiger partial charge in [-0.2, -0.15) is 0 Å². The molecule has 1 amide bonds. The van der Waals surface area contributed by atoms with E-state index in [9.17, 15) is 9.59 Å². The van der Waals surface area contributed by atoms with Crippen molar-refractivity contribution in [2.75, 3.05) is 5.32 Å². The second-order valence-corrected chi connectivity index (χ2v) is 5.67. The Hall–Kier alpha value is -3.23. The molecule has 0 aliphatic heterocycles. The summed E-state index contributed by atoms with van der Waals surface area (Å²) in [5.74, 6) is -0.578. The zero-order valence-corrected chi connectivity index (χ0v) is 13.7. The molecule has 0 aliphatic rings. The molecule has 2 heterocycles. The van der Waals surface area contributed by atoms with Crippen molar-refractivity contribution in [1.29, 1.82) is 0 Å². The number of aromatic amines is 1. The van der Waals surface area contributed by atoms with Crippen molar-refractivity contribution < 1.29 is 14.7 Å². The first-order valence-electron chi connectivity index (χ1n) is 7.97. The number of nitrogens with one attached hydrogen (secondary N) is 2. The summed E-state index contributed by atoms with van der Waals surface area (Å²) in [6.07, 6.45) is 4.27. The third kappa shape index (κ3) is 4.00. The maximum absolute atomic E-state index is 12.1. The van der Waals surface area contributed by atoms with Crippen LogP contribution in [-0.4, -0.2) is 41.9 Å². The highest BCUT2D eigenvalue weighted by atomic mass is 16.4. The molecule has 0 saturated carbocycles. The Balaban J connectivity index is 1.66. The number of fused-ring (bicyclic) bond motifs is 1. The van der Waals surface area contributed by atoms with Crippen LogP contribution < -0.4 is 5.32 Å². The SMILES string of the molecule is CCCCc1nc2ccc(NC(=O)Cn3cc(C(=O)O)nn3)cc2[nH]1. The average molecular weight is 342 g/mol. The van der Waals surface area contributed by atoms with Crippen LogP contribution in [0.2, 0.25) is 0 Å². The number of carbonyl (C=O) groups excluding carboxylic acids is 1. The lowest BCUT2D eigenvalue weighted by Gasteiger charge is -2.04. The lowest BCUT2D eigenvalue weighted by molar-refractivity contribution is -0.116. The van der Waals surface area contributed by atoms with Crippen LogP contribution in [0.4, 0.5) is 5.69 Å². The minimum Gasteiger partial charge on any atom is -0.476 e. The number of nitrogens with zero attached hydrogens (tertiary/aromatic N) is 4. The van der Waals surface area contributed by atoms with E-state index in [1.807, 2.05) is 12.1 Å². The van der Waals surface area contributed by atoms with E-state index < -0.39 is 5.97 Å². The van der Waals surface area contributed by atoms with Crippen LogP contribution in [0.25, 0.3) is 11.0 Å². The van der Waals surface area contributed by atoms with Gasteiger partial charge in [-0.3, -0.25) is 4.79 Å². The molecule has 25 heavy (non-hydrogen) atoms. The molecule has 1 aromatic carbocycles. The first-order valence-corrected chi connectivity index (χ1v) is 7.97. The van der Waals surface area contributed by atoms with E-state index in [1.165, 1.54) is 10.9 Å². The lowest BCUT2D eigenvalue weighted by Crippen LogP contribution is -2.19. The van der Waals surface area contributed by atoms with Gasteiger partial charge in [-0.05, 0) is 24.6 Å². The number of anilines is 1. The minimum atomic E-state index is -1.18. The number of carboxylic acids is 1. The molecule has 9 nitrogen and oxygen atoms in total. The van der Waals surface area contributed by atoms with Crippen molar-refractivity contribution in [2.24, 2.45) is 0 Å². The van der Waals surface area contributed by atoms with Gasteiger partial charge in [-0.25, -0.2) is 14.5 Å². The quantitative estimate of drug-likeness (QED) is 0.601. The first-order chi connectivity index (χ1) is 12.0. The van der Waals surface area contributed by atoms with Gasteiger partial charge in [0.25, 0.3) is 0 Å². The van der Waals surface area contributed by atoms with Gasteiger partial charge in [-0.1, -0.05) is 18.6 Å². The fourth-order valence-electron chi connectivity index (χ4n) is 2.42. The molecular weight excluding hydrogens is 324 g/mol. The van der Waals surface area contributed by atoms with Crippen LogP contribution in [0.3, 0.4) is 0 Å². The van der Waals surface area contributed by atoms with Crippen molar-refractivity contribution in [3.8, 4) is 0 Å². The number of H-pyrrole nitrogens is 1. The molecule has 3 N–H and O–H groups in total. The fraction of sp³-hybridized carbons (Fsp3) is 0.312. The van der Waals surface area contributed by atoms with E-state index in [4.69, 9.17) is 5.11 Å². The number of aromatic nitrogens is 5. The third-order valence-electron chi connectivity index (χ3n) is 3.65. The Bertz CT molecular complexity index is 914. The van der Waals surface area contributed by atoms with Crippen molar-refractivity contribution in [3.05, 3.63) is 35.9 Å². The highest BCUT2D eigenvalue weighted by Gasteiger charge is 2.11. The second kappa shape index (κ2) is 7.12. The molecule has 9 heteroatoms. The standard InChI is InChI=1S/C16H18N6O3/c1-2-3-4-14-18-11-6-5-10(7-12(11)19-14)17-15(23)9-22-8-13(16(24)25)20-21-22/h5-8H,2-4,9H2,1H3,(H,17,23)(H,18,19)(H,24,25). The van der Waals surface area contributed by atoms with Crippen LogP contribution in [0.1, 0.15) is 36.1 Å². The number of unbranched alkanes of at least 4 members (excludes halogenated alkanes) is 1. The highest BCUT2D eigenvalue weighted by molar-refractivity contribution is 5.93. The van der Waals surface area contributed by atoms with Gasteiger partial charge in [0.1, 0.15) is 12.4 Å². The summed E-state index contributed by atoms with van der Waals surface area (Å²) >= 11 is 0. The summed E-state index contributed by atoms with van der Waals surface area (Å²) in [7, 11) is 0. The number of imidazole rings is 1. The van der Waals surface area contributed by atoms with E-state index in [-0.39, 0.29) is 18.1 Å². The number of amides is 1. The van der Waals surface area contributed by atoms with Gasteiger partial charge in [0.15, 0.2) is 5.69 Å². The van der Waals surface area contributed by atoms with Crippen LogP contribution >= 0.6 is 0 Å². The summed E-state index contributed by atoms with van der Waals surface area (Å²) in [5.41, 5.74) is 2.14. The molecule has 0 spiro atoms. The van der Waals surface area contributed by atoms with Gasteiger partial charge in [0.05, 0.1) is 17.2 Å². The van der Waals surface area contributed by atoms with Crippen molar-refractivity contribution >= 4 is 28.6 Å². The van der Waals surface area contributed by atoms with Gasteiger partial charge < -0.3 is 15.4 Å². The molecule has 3 aromatic rings. The zero-order chi connectivity index (χ0) is 17.8. The molecule has 0 aliphatic carbocycles. The summed E-state index contributed by atoms with van der Waals surface area (Å²) in [5, 5.41) is 18.6. The summed E-state index contributed by atoms with van der Waals surface area (Å²) < 4.78 is 1.18. The van der Waals surface area contributed by atoms with Crippen LogP contribution in [-0.2, 0) is 17.8 Å². The number of hydrogen-bond acceptors (Lipinski definition) is 5. The molecule has 130 valence electrons. The predicted molar refractivity (Wildman–Crippen MR) is 90.3 cm³/mol. The number of aryl methyl sites for hydroxylation is 1. The Labute approximate surface area is 143 Å². The van der Waals surface area contributed by atoms with Crippen molar-refractivity contribution in [3.63, 3.8) is 0 Å². The Morgan fingerprint density at radius 1 is 1.36 bits per heavy atom. The topological polar surface area (TPSA) is 126 Å². The van der Waals surface area contributed by atoms with Crippen LogP contribution in [0.5, 0.6) is 0 Å².